The Morgan fingerprint density at radius 3 is 2.53 bits per heavy atom. The lowest BCUT2D eigenvalue weighted by atomic mass is 10.0. The van der Waals surface area contributed by atoms with Crippen molar-refractivity contribution in [1.82, 2.24) is 5.32 Å². The second-order valence-corrected chi connectivity index (χ2v) is 5.21. The van der Waals surface area contributed by atoms with E-state index in [9.17, 15) is 4.79 Å². The molecule has 0 spiro atoms. The van der Waals surface area contributed by atoms with Gasteiger partial charge in [0.1, 0.15) is 5.75 Å². The molecule has 1 amide bonds. The largest absolute Gasteiger partial charge is 0.496 e. The van der Waals surface area contributed by atoms with Gasteiger partial charge in [-0.2, -0.15) is 0 Å². The molecule has 1 aromatic carbocycles. The van der Waals surface area contributed by atoms with Crippen molar-refractivity contribution in [1.29, 1.82) is 0 Å². The lowest BCUT2D eigenvalue weighted by Gasteiger charge is -2.20. The van der Waals surface area contributed by atoms with Crippen molar-refractivity contribution < 1.29 is 9.53 Å². The van der Waals surface area contributed by atoms with Crippen molar-refractivity contribution in [3.05, 3.63) is 29.8 Å². The SMILES string of the molecule is COc1ccccc1C(C)NC(=O)[C@@H](N)CC(C)C. The van der Waals surface area contributed by atoms with Crippen molar-refractivity contribution in [3.63, 3.8) is 0 Å². The number of hydrogen-bond acceptors (Lipinski definition) is 3. The number of carbonyl (C=O) groups is 1. The zero-order valence-corrected chi connectivity index (χ0v) is 12.1. The summed E-state index contributed by atoms with van der Waals surface area (Å²) in [6, 6.07) is 7.07. The normalized spacial score (nSPS) is 14.0. The Labute approximate surface area is 115 Å². The second kappa shape index (κ2) is 7.14. The van der Waals surface area contributed by atoms with Crippen molar-refractivity contribution in [2.24, 2.45) is 11.7 Å². The zero-order valence-electron chi connectivity index (χ0n) is 12.1. The van der Waals surface area contributed by atoms with Gasteiger partial charge < -0.3 is 15.8 Å². The van der Waals surface area contributed by atoms with Crippen LogP contribution < -0.4 is 15.8 Å². The Kier molecular flexibility index (Phi) is 5.83. The first kappa shape index (κ1) is 15.5. The van der Waals surface area contributed by atoms with Crippen LogP contribution in [-0.2, 0) is 4.79 Å². The van der Waals surface area contributed by atoms with E-state index >= 15 is 0 Å². The van der Waals surface area contributed by atoms with Gasteiger partial charge in [0.25, 0.3) is 0 Å². The van der Waals surface area contributed by atoms with E-state index in [1.807, 2.05) is 31.2 Å². The highest BCUT2D eigenvalue weighted by molar-refractivity contribution is 5.81. The number of ether oxygens (including phenoxy) is 1. The Morgan fingerprint density at radius 1 is 1.32 bits per heavy atom. The molecule has 0 aliphatic heterocycles. The summed E-state index contributed by atoms with van der Waals surface area (Å²) in [5.41, 5.74) is 6.83. The molecule has 4 nitrogen and oxygen atoms in total. The Balaban J connectivity index is 2.68. The van der Waals surface area contributed by atoms with Gasteiger partial charge in [0, 0.05) is 5.56 Å². The molecule has 19 heavy (non-hydrogen) atoms. The van der Waals surface area contributed by atoms with Crippen molar-refractivity contribution >= 4 is 5.91 Å². The van der Waals surface area contributed by atoms with Gasteiger partial charge in [-0.1, -0.05) is 32.0 Å². The molecule has 3 N–H and O–H groups in total. The fourth-order valence-electron chi connectivity index (χ4n) is 2.04. The third kappa shape index (κ3) is 4.56. The molecule has 106 valence electrons. The summed E-state index contributed by atoms with van der Waals surface area (Å²) in [5, 5.41) is 2.93. The van der Waals surface area contributed by atoms with Crippen molar-refractivity contribution in [2.75, 3.05) is 7.11 Å². The monoisotopic (exact) mass is 264 g/mol. The summed E-state index contributed by atoms with van der Waals surface area (Å²) >= 11 is 0. The minimum absolute atomic E-state index is 0.118. The molecule has 2 atom stereocenters. The van der Waals surface area contributed by atoms with Gasteiger partial charge in [-0.3, -0.25) is 4.79 Å². The van der Waals surface area contributed by atoms with Crippen molar-refractivity contribution in [2.45, 2.75) is 39.3 Å². The van der Waals surface area contributed by atoms with E-state index in [4.69, 9.17) is 10.5 Å². The van der Waals surface area contributed by atoms with Gasteiger partial charge in [-0.05, 0) is 25.3 Å². The molecule has 4 heteroatoms. The molecule has 0 radical (unpaired) electrons. The van der Waals surface area contributed by atoms with Crippen molar-refractivity contribution in [3.8, 4) is 5.75 Å². The number of hydrogen-bond donors (Lipinski definition) is 2. The third-order valence-corrected chi connectivity index (χ3v) is 3.03. The number of benzene rings is 1. The molecule has 0 saturated carbocycles. The van der Waals surface area contributed by atoms with Crippen LogP contribution in [-0.4, -0.2) is 19.1 Å². The van der Waals surface area contributed by atoms with E-state index < -0.39 is 6.04 Å². The van der Waals surface area contributed by atoms with Gasteiger partial charge in [0.2, 0.25) is 5.91 Å². The van der Waals surface area contributed by atoms with Crippen LogP contribution in [0.5, 0.6) is 5.75 Å². The van der Waals surface area contributed by atoms with Crippen LogP contribution in [0.15, 0.2) is 24.3 Å². The summed E-state index contributed by atoms with van der Waals surface area (Å²) in [6.07, 6.45) is 0.685. The summed E-state index contributed by atoms with van der Waals surface area (Å²) in [7, 11) is 1.62. The fraction of sp³-hybridized carbons (Fsp3) is 0.533. The molecule has 0 aromatic heterocycles. The van der Waals surface area contributed by atoms with E-state index in [0.717, 1.165) is 11.3 Å². The summed E-state index contributed by atoms with van der Waals surface area (Å²) in [6.45, 7) is 6.03. The third-order valence-electron chi connectivity index (χ3n) is 3.03. The summed E-state index contributed by atoms with van der Waals surface area (Å²) < 4.78 is 5.29. The average molecular weight is 264 g/mol. The van der Waals surface area contributed by atoms with Gasteiger partial charge in [-0.15, -0.1) is 0 Å². The predicted octanol–water partition coefficient (Wildman–Crippen LogP) is 2.25. The molecule has 1 unspecified atom stereocenters. The lowest BCUT2D eigenvalue weighted by molar-refractivity contribution is -0.123. The van der Waals surface area contributed by atoms with Crippen LogP contribution >= 0.6 is 0 Å². The van der Waals surface area contributed by atoms with Crippen LogP contribution in [0.2, 0.25) is 0 Å². The Hall–Kier alpha value is -1.55. The minimum atomic E-state index is -0.461. The molecule has 0 fully saturated rings. The molecule has 0 heterocycles. The number of para-hydroxylation sites is 1. The highest BCUT2D eigenvalue weighted by Gasteiger charge is 2.19. The number of amides is 1. The quantitative estimate of drug-likeness (QED) is 0.828. The minimum Gasteiger partial charge on any atom is -0.496 e. The zero-order chi connectivity index (χ0) is 14.4. The molecule has 0 aliphatic rings. The van der Waals surface area contributed by atoms with Crippen LogP contribution in [0.4, 0.5) is 0 Å². The summed E-state index contributed by atoms with van der Waals surface area (Å²) in [4.78, 5) is 12.0. The number of carbonyl (C=O) groups excluding carboxylic acids is 1. The van der Waals surface area contributed by atoms with Crippen LogP contribution in [0.1, 0.15) is 38.8 Å². The molecule has 1 rings (SSSR count). The molecule has 1 aromatic rings. The highest BCUT2D eigenvalue weighted by atomic mass is 16.5. The van der Waals surface area contributed by atoms with Crippen LogP contribution in [0, 0.1) is 5.92 Å². The molecule has 0 saturated heterocycles. The first-order valence-electron chi connectivity index (χ1n) is 6.64. The smallest absolute Gasteiger partial charge is 0.237 e. The predicted molar refractivity (Wildman–Crippen MR) is 77.0 cm³/mol. The topological polar surface area (TPSA) is 64.3 Å². The molecular formula is C15H24N2O2. The van der Waals surface area contributed by atoms with Crippen LogP contribution in [0.25, 0.3) is 0 Å². The van der Waals surface area contributed by atoms with Gasteiger partial charge in [0.15, 0.2) is 0 Å². The van der Waals surface area contributed by atoms with Gasteiger partial charge in [0.05, 0.1) is 19.2 Å². The Morgan fingerprint density at radius 2 is 1.95 bits per heavy atom. The van der Waals surface area contributed by atoms with Gasteiger partial charge in [-0.25, -0.2) is 0 Å². The maximum absolute atomic E-state index is 12.0. The lowest BCUT2D eigenvalue weighted by Crippen LogP contribution is -2.42. The van der Waals surface area contributed by atoms with E-state index in [2.05, 4.69) is 19.2 Å². The molecule has 0 aliphatic carbocycles. The maximum atomic E-state index is 12.0. The van der Waals surface area contributed by atoms with E-state index in [0.29, 0.717) is 12.3 Å². The first-order chi connectivity index (χ1) is 8.95. The van der Waals surface area contributed by atoms with Crippen LogP contribution in [0.3, 0.4) is 0 Å². The highest BCUT2D eigenvalue weighted by Crippen LogP contribution is 2.24. The van der Waals surface area contributed by atoms with Gasteiger partial charge >= 0.3 is 0 Å². The summed E-state index contributed by atoms with van der Waals surface area (Å²) in [5.74, 6) is 1.06. The standard InChI is InChI=1S/C15H24N2O2/c1-10(2)9-13(16)15(18)17-11(3)12-7-5-6-8-14(12)19-4/h5-8,10-11,13H,9,16H2,1-4H3,(H,17,18)/t11?,13-/m0/s1. The molecule has 0 bridgehead atoms. The first-order valence-corrected chi connectivity index (χ1v) is 6.64. The Bertz CT molecular complexity index is 418. The number of methoxy groups -OCH3 is 1. The number of nitrogens with one attached hydrogen (secondary N) is 1. The number of nitrogens with two attached hydrogens (primary N) is 1. The van der Waals surface area contributed by atoms with E-state index in [1.165, 1.54) is 0 Å². The van der Waals surface area contributed by atoms with E-state index in [-0.39, 0.29) is 11.9 Å². The average Bonchev–Trinajstić information content (AvgIpc) is 2.37. The second-order valence-electron chi connectivity index (χ2n) is 5.21. The fourth-order valence-corrected chi connectivity index (χ4v) is 2.04. The van der Waals surface area contributed by atoms with E-state index in [1.54, 1.807) is 7.11 Å². The maximum Gasteiger partial charge on any atom is 0.237 e. The molecular weight excluding hydrogens is 240 g/mol. The number of rotatable bonds is 6.